The summed E-state index contributed by atoms with van der Waals surface area (Å²) < 4.78 is 0. The standard InChI is InChI=1S/C17H19ClN2OS2/c1-4-22-11-15-9-10-16(23-15)17(19-20(3)12(2)21)13-5-7-14(18)8-6-13/h5-10H,4,11H2,1-3H3. The number of rotatable bonds is 6. The fourth-order valence-corrected chi connectivity index (χ4v) is 3.79. The quantitative estimate of drug-likeness (QED) is 0.538. The Hall–Kier alpha value is -1.30. The van der Waals surface area contributed by atoms with Gasteiger partial charge in [-0.15, -0.1) is 11.3 Å². The average Bonchev–Trinajstić information content (AvgIpc) is 3.00. The van der Waals surface area contributed by atoms with Gasteiger partial charge < -0.3 is 0 Å². The van der Waals surface area contributed by atoms with Gasteiger partial charge in [0.1, 0.15) is 5.71 Å². The van der Waals surface area contributed by atoms with Gasteiger partial charge in [0.15, 0.2) is 0 Å². The zero-order valence-electron chi connectivity index (χ0n) is 13.4. The molecule has 0 spiro atoms. The van der Waals surface area contributed by atoms with Crippen molar-refractivity contribution in [2.24, 2.45) is 5.10 Å². The van der Waals surface area contributed by atoms with Crippen molar-refractivity contribution in [3.63, 3.8) is 0 Å². The van der Waals surface area contributed by atoms with Crippen LogP contribution in [-0.4, -0.2) is 29.4 Å². The summed E-state index contributed by atoms with van der Waals surface area (Å²) in [4.78, 5) is 13.9. The molecule has 0 aliphatic heterocycles. The van der Waals surface area contributed by atoms with Crippen molar-refractivity contribution in [1.82, 2.24) is 5.01 Å². The van der Waals surface area contributed by atoms with Crippen LogP contribution in [0.2, 0.25) is 5.02 Å². The first kappa shape index (κ1) is 18.0. The van der Waals surface area contributed by atoms with Crippen LogP contribution in [0.25, 0.3) is 0 Å². The fraction of sp³-hybridized carbons (Fsp3) is 0.294. The molecular weight excluding hydrogens is 348 g/mol. The van der Waals surface area contributed by atoms with Crippen LogP contribution in [0.15, 0.2) is 41.5 Å². The number of hydrogen-bond acceptors (Lipinski definition) is 4. The molecule has 122 valence electrons. The summed E-state index contributed by atoms with van der Waals surface area (Å²) in [6.07, 6.45) is 0. The third-order valence-electron chi connectivity index (χ3n) is 3.17. The van der Waals surface area contributed by atoms with Crippen LogP contribution >= 0.6 is 34.7 Å². The normalized spacial score (nSPS) is 11.6. The van der Waals surface area contributed by atoms with Crippen molar-refractivity contribution in [1.29, 1.82) is 0 Å². The number of amides is 1. The maximum atomic E-state index is 11.5. The molecule has 1 heterocycles. The van der Waals surface area contributed by atoms with E-state index in [1.807, 2.05) is 36.0 Å². The Labute approximate surface area is 150 Å². The van der Waals surface area contributed by atoms with Crippen LogP contribution in [0.1, 0.15) is 29.2 Å². The van der Waals surface area contributed by atoms with Gasteiger partial charge in [-0.1, -0.05) is 30.7 Å². The number of benzene rings is 1. The fourth-order valence-electron chi connectivity index (χ4n) is 1.86. The SMILES string of the molecule is CCSCc1ccc(C(=NN(C)C(C)=O)c2ccc(Cl)cc2)s1. The summed E-state index contributed by atoms with van der Waals surface area (Å²) in [6.45, 7) is 3.66. The zero-order valence-corrected chi connectivity index (χ0v) is 15.8. The number of thiophene rings is 1. The molecule has 1 amide bonds. The van der Waals surface area contributed by atoms with Gasteiger partial charge in [0, 0.05) is 35.2 Å². The Bertz CT molecular complexity index is 695. The Kier molecular flexibility index (Phi) is 6.69. The summed E-state index contributed by atoms with van der Waals surface area (Å²) in [5.74, 6) is 1.99. The molecular formula is C17H19ClN2OS2. The summed E-state index contributed by atoms with van der Waals surface area (Å²) in [5.41, 5.74) is 1.73. The summed E-state index contributed by atoms with van der Waals surface area (Å²) in [6, 6.07) is 11.7. The minimum atomic E-state index is -0.102. The molecule has 0 saturated carbocycles. The molecule has 0 saturated heterocycles. The third-order valence-corrected chi connectivity index (χ3v) is 5.62. The molecule has 0 bridgehead atoms. The number of thioether (sulfide) groups is 1. The van der Waals surface area contributed by atoms with Crippen LogP contribution in [0.3, 0.4) is 0 Å². The van der Waals surface area contributed by atoms with Crippen molar-refractivity contribution >= 4 is 46.3 Å². The monoisotopic (exact) mass is 366 g/mol. The summed E-state index contributed by atoms with van der Waals surface area (Å²) >= 11 is 9.58. The van der Waals surface area contributed by atoms with Gasteiger partial charge in [0.2, 0.25) is 5.91 Å². The molecule has 23 heavy (non-hydrogen) atoms. The maximum Gasteiger partial charge on any atom is 0.239 e. The Morgan fingerprint density at radius 2 is 1.96 bits per heavy atom. The number of nitrogens with zero attached hydrogens (tertiary/aromatic N) is 2. The predicted molar refractivity (Wildman–Crippen MR) is 102 cm³/mol. The second kappa shape index (κ2) is 8.52. The second-order valence-corrected chi connectivity index (χ2v) is 7.78. The van der Waals surface area contributed by atoms with Crippen molar-refractivity contribution in [2.75, 3.05) is 12.8 Å². The highest BCUT2D eigenvalue weighted by molar-refractivity contribution is 7.98. The molecule has 3 nitrogen and oxygen atoms in total. The van der Waals surface area contributed by atoms with Gasteiger partial charge in [-0.25, -0.2) is 5.01 Å². The lowest BCUT2D eigenvalue weighted by Gasteiger charge is -2.12. The van der Waals surface area contributed by atoms with Crippen LogP contribution < -0.4 is 0 Å². The van der Waals surface area contributed by atoms with E-state index in [2.05, 4.69) is 24.2 Å². The number of hydrazone groups is 1. The average molecular weight is 367 g/mol. The Balaban J connectivity index is 2.39. The number of hydrogen-bond donors (Lipinski definition) is 0. The minimum absolute atomic E-state index is 0.102. The molecule has 0 radical (unpaired) electrons. The predicted octanol–water partition coefficient (Wildman–Crippen LogP) is 4.89. The molecule has 0 aliphatic rings. The summed E-state index contributed by atoms with van der Waals surface area (Å²) in [5, 5.41) is 6.55. The Morgan fingerprint density at radius 1 is 1.26 bits per heavy atom. The van der Waals surface area contributed by atoms with Crippen LogP contribution in [0, 0.1) is 0 Å². The maximum absolute atomic E-state index is 11.5. The highest BCUT2D eigenvalue weighted by Gasteiger charge is 2.13. The van der Waals surface area contributed by atoms with E-state index in [1.54, 1.807) is 18.4 Å². The van der Waals surface area contributed by atoms with E-state index in [-0.39, 0.29) is 5.91 Å². The highest BCUT2D eigenvalue weighted by Crippen LogP contribution is 2.25. The summed E-state index contributed by atoms with van der Waals surface area (Å²) in [7, 11) is 1.67. The number of carbonyl (C=O) groups excluding carboxylic acids is 1. The molecule has 2 aromatic rings. The topological polar surface area (TPSA) is 32.7 Å². The first-order valence-corrected chi connectivity index (χ1v) is 9.62. The van der Waals surface area contributed by atoms with Gasteiger partial charge in [-0.2, -0.15) is 16.9 Å². The number of halogens is 1. The van der Waals surface area contributed by atoms with Crippen LogP contribution in [0.4, 0.5) is 0 Å². The van der Waals surface area contributed by atoms with E-state index in [0.717, 1.165) is 27.7 Å². The van der Waals surface area contributed by atoms with Crippen LogP contribution in [-0.2, 0) is 10.5 Å². The smallest absolute Gasteiger partial charge is 0.239 e. The largest absolute Gasteiger partial charge is 0.273 e. The van der Waals surface area contributed by atoms with E-state index >= 15 is 0 Å². The van der Waals surface area contributed by atoms with Gasteiger partial charge in [-0.3, -0.25) is 4.79 Å². The zero-order chi connectivity index (χ0) is 16.8. The van der Waals surface area contributed by atoms with E-state index < -0.39 is 0 Å². The third kappa shape index (κ3) is 5.09. The van der Waals surface area contributed by atoms with Crippen molar-refractivity contribution in [3.05, 3.63) is 56.7 Å². The number of carbonyl (C=O) groups is 1. The molecule has 6 heteroatoms. The molecule has 1 aromatic heterocycles. The molecule has 1 aromatic carbocycles. The molecule has 0 fully saturated rings. The molecule has 0 aliphatic carbocycles. The highest BCUT2D eigenvalue weighted by atomic mass is 35.5. The van der Waals surface area contributed by atoms with Crippen molar-refractivity contribution < 1.29 is 4.79 Å². The lowest BCUT2D eigenvalue weighted by atomic mass is 10.1. The first-order chi connectivity index (χ1) is 11.0. The second-order valence-electron chi connectivity index (χ2n) is 4.90. The molecule has 2 rings (SSSR count). The van der Waals surface area contributed by atoms with Crippen molar-refractivity contribution in [3.8, 4) is 0 Å². The van der Waals surface area contributed by atoms with E-state index in [4.69, 9.17) is 11.6 Å². The molecule has 0 unspecified atom stereocenters. The lowest BCUT2D eigenvalue weighted by Crippen LogP contribution is -2.20. The van der Waals surface area contributed by atoms with E-state index in [9.17, 15) is 4.79 Å². The molecule has 0 atom stereocenters. The van der Waals surface area contributed by atoms with Gasteiger partial charge in [0.25, 0.3) is 0 Å². The van der Waals surface area contributed by atoms with E-state index in [1.165, 1.54) is 16.8 Å². The van der Waals surface area contributed by atoms with Gasteiger partial charge in [-0.05, 0) is 30.0 Å². The Morgan fingerprint density at radius 3 is 2.57 bits per heavy atom. The molecule has 0 N–H and O–H groups in total. The van der Waals surface area contributed by atoms with Gasteiger partial charge >= 0.3 is 0 Å². The van der Waals surface area contributed by atoms with E-state index in [0.29, 0.717) is 5.02 Å². The van der Waals surface area contributed by atoms with Crippen LogP contribution in [0.5, 0.6) is 0 Å². The first-order valence-electron chi connectivity index (χ1n) is 7.27. The lowest BCUT2D eigenvalue weighted by molar-refractivity contribution is -0.127. The minimum Gasteiger partial charge on any atom is -0.273 e. The van der Waals surface area contributed by atoms with Gasteiger partial charge in [0.05, 0.1) is 4.88 Å². The van der Waals surface area contributed by atoms with Crippen molar-refractivity contribution in [2.45, 2.75) is 19.6 Å².